The van der Waals surface area contributed by atoms with Crippen molar-refractivity contribution in [2.24, 2.45) is 11.3 Å². The van der Waals surface area contributed by atoms with E-state index in [4.69, 9.17) is 9.47 Å². The zero-order chi connectivity index (χ0) is 26.6. The monoisotopic (exact) mass is 505 g/mol. The summed E-state index contributed by atoms with van der Waals surface area (Å²) in [6.07, 6.45) is 10.4. The maximum absolute atomic E-state index is 13.4. The number of hydrogen-bond acceptors (Lipinski definition) is 5. The van der Waals surface area contributed by atoms with Gasteiger partial charge in [0.1, 0.15) is 18.5 Å². The summed E-state index contributed by atoms with van der Waals surface area (Å²) in [5.41, 5.74) is 2.43. The quantitative estimate of drug-likeness (QED) is 0.471. The number of anilines is 1. The number of urea groups is 1. The number of carboxylic acids is 1. The highest BCUT2D eigenvalue weighted by atomic mass is 16.5. The largest absolute Gasteiger partial charge is 0.486 e. The summed E-state index contributed by atoms with van der Waals surface area (Å²) < 4.78 is 11.8. The number of benzene rings is 1. The molecule has 2 heterocycles. The van der Waals surface area contributed by atoms with Crippen LogP contribution in [0.2, 0.25) is 0 Å². The van der Waals surface area contributed by atoms with Crippen molar-refractivity contribution in [3.8, 4) is 22.8 Å². The maximum atomic E-state index is 13.4. The van der Waals surface area contributed by atoms with Crippen LogP contribution in [-0.2, 0) is 4.79 Å². The van der Waals surface area contributed by atoms with Gasteiger partial charge in [-0.3, -0.25) is 9.69 Å². The van der Waals surface area contributed by atoms with E-state index in [1.807, 2.05) is 43.3 Å². The van der Waals surface area contributed by atoms with Gasteiger partial charge >= 0.3 is 12.0 Å². The number of ether oxygens (including phenoxy) is 2. The van der Waals surface area contributed by atoms with Crippen molar-refractivity contribution in [3.63, 3.8) is 0 Å². The van der Waals surface area contributed by atoms with Crippen LogP contribution in [0.4, 0.5) is 10.5 Å². The Morgan fingerprint density at radius 3 is 2.65 bits per heavy atom. The normalized spacial score (nSPS) is 18.9. The lowest BCUT2D eigenvalue weighted by Gasteiger charge is -2.35. The Kier molecular flexibility index (Phi) is 7.86. The smallest absolute Gasteiger partial charge is 0.326 e. The molecular formula is C29H35N3O5. The average Bonchev–Trinajstić information content (AvgIpc) is 2.91. The Labute approximate surface area is 218 Å². The van der Waals surface area contributed by atoms with E-state index in [1.54, 1.807) is 31.0 Å². The van der Waals surface area contributed by atoms with Gasteiger partial charge in [-0.2, -0.15) is 0 Å². The zero-order valence-electron chi connectivity index (χ0n) is 21.9. The molecule has 1 aromatic carbocycles. The molecule has 0 radical (unpaired) electrons. The summed E-state index contributed by atoms with van der Waals surface area (Å²) in [6, 6.07) is 9.22. The van der Waals surface area contributed by atoms with Gasteiger partial charge in [-0.15, -0.1) is 0 Å². The van der Waals surface area contributed by atoms with E-state index in [0.717, 1.165) is 41.8 Å². The van der Waals surface area contributed by atoms with E-state index in [1.165, 1.54) is 0 Å². The van der Waals surface area contributed by atoms with Crippen LogP contribution in [0.5, 0.6) is 11.6 Å². The van der Waals surface area contributed by atoms with Gasteiger partial charge < -0.3 is 19.9 Å². The van der Waals surface area contributed by atoms with Crippen LogP contribution >= 0.6 is 0 Å². The molecule has 0 saturated carbocycles. The lowest BCUT2D eigenvalue weighted by Crippen LogP contribution is -2.48. The van der Waals surface area contributed by atoms with Gasteiger partial charge in [-0.25, -0.2) is 9.78 Å². The Hall–Kier alpha value is -3.81. The molecule has 1 aliphatic carbocycles. The molecule has 8 heteroatoms. The van der Waals surface area contributed by atoms with Gasteiger partial charge in [0, 0.05) is 29.4 Å². The molecule has 2 aromatic rings. The number of nitrogens with zero attached hydrogens (tertiary/aromatic N) is 2. The standard InChI is InChI=1S/C29H35N3O5/c1-5-19-9-7-8-10-23(19)31-28(35)32-17-22(6-2)37-25-15-20(11-13-24(25)32)21-12-14-26(30-16-21)36-18-29(3,4)27(33)34/h7-8,10-16,19,22H,5-6,9,17-18H2,1-4H3,(H,31,35)(H,33,34). The molecule has 2 amide bonds. The van der Waals surface area contributed by atoms with Gasteiger partial charge in [-0.1, -0.05) is 32.1 Å². The summed E-state index contributed by atoms with van der Waals surface area (Å²) in [6.45, 7) is 7.89. The van der Waals surface area contributed by atoms with Crippen molar-refractivity contribution in [2.45, 2.75) is 53.1 Å². The summed E-state index contributed by atoms with van der Waals surface area (Å²) in [5.74, 6) is 0.398. The van der Waals surface area contributed by atoms with E-state index in [0.29, 0.717) is 24.1 Å². The van der Waals surface area contributed by atoms with Crippen LogP contribution < -0.4 is 19.7 Å². The molecule has 0 fully saturated rings. The Bertz CT molecular complexity index is 1200. The molecule has 196 valence electrons. The highest BCUT2D eigenvalue weighted by Gasteiger charge is 2.31. The van der Waals surface area contributed by atoms with Crippen molar-refractivity contribution in [2.75, 3.05) is 18.1 Å². The van der Waals surface area contributed by atoms with E-state index in [2.05, 4.69) is 23.3 Å². The molecule has 2 unspecified atom stereocenters. The predicted molar refractivity (Wildman–Crippen MR) is 143 cm³/mol. The molecule has 2 N–H and O–H groups in total. The van der Waals surface area contributed by atoms with Crippen molar-refractivity contribution >= 4 is 17.7 Å². The molecule has 0 bridgehead atoms. The van der Waals surface area contributed by atoms with Crippen molar-refractivity contribution in [3.05, 3.63) is 60.5 Å². The third-order valence-corrected chi connectivity index (χ3v) is 6.88. The number of amides is 2. The van der Waals surface area contributed by atoms with Crippen LogP contribution in [0, 0.1) is 11.3 Å². The fourth-order valence-corrected chi connectivity index (χ4v) is 4.29. The SMILES string of the molecule is CCC1CN(C(=O)NC2=CC=CCC2CC)c2ccc(-c3ccc(OCC(C)(C)C(=O)O)nc3)cc2O1. The van der Waals surface area contributed by atoms with E-state index >= 15 is 0 Å². The topological polar surface area (TPSA) is 101 Å². The first-order valence-corrected chi connectivity index (χ1v) is 12.8. The fourth-order valence-electron chi connectivity index (χ4n) is 4.29. The molecule has 0 spiro atoms. The average molecular weight is 506 g/mol. The molecule has 2 atom stereocenters. The lowest BCUT2D eigenvalue weighted by molar-refractivity contribution is -0.148. The number of aromatic nitrogens is 1. The summed E-state index contributed by atoms with van der Waals surface area (Å²) in [4.78, 5) is 30.8. The minimum Gasteiger partial charge on any atom is -0.486 e. The van der Waals surface area contributed by atoms with E-state index in [9.17, 15) is 14.7 Å². The number of nitrogens with one attached hydrogen (secondary N) is 1. The second kappa shape index (κ2) is 11.1. The first-order valence-electron chi connectivity index (χ1n) is 12.8. The van der Waals surface area contributed by atoms with Crippen LogP contribution in [0.1, 0.15) is 47.0 Å². The van der Waals surface area contributed by atoms with Gasteiger partial charge in [-0.05, 0) is 62.9 Å². The van der Waals surface area contributed by atoms with Gasteiger partial charge in [0.2, 0.25) is 5.88 Å². The first kappa shape index (κ1) is 26.3. The number of allylic oxidation sites excluding steroid dienone is 4. The van der Waals surface area contributed by atoms with Crippen molar-refractivity contribution < 1.29 is 24.2 Å². The minimum absolute atomic E-state index is 0.0177. The Morgan fingerprint density at radius 2 is 1.97 bits per heavy atom. The Balaban J connectivity index is 1.52. The molecule has 1 aliphatic heterocycles. The number of rotatable bonds is 8. The van der Waals surface area contributed by atoms with Crippen molar-refractivity contribution in [1.82, 2.24) is 10.3 Å². The number of carbonyl (C=O) groups excluding carboxylic acids is 1. The molecule has 1 aromatic heterocycles. The highest BCUT2D eigenvalue weighted by molar-refractivity contribution is 5.95. The van der Waals surface area contributed by atoms with Gasteiger partial charge in [0.05, 0.1) is 17.6 Å². The highest BCUT2D eigenvalue weighted by Crippen LogP contribution is 2.38. The molecule has 2 aliphatic rings. The maximum Gasteiger partial charge on any atom is 0.326 e. The van der Waals surface area contributed by atoms with Gasteiger partial charge in [0.15, 0.2) is 0 Å². The third-order valence-electron chi connectivity index (χ3n) is 6.88. The zero-order valence-corrected chi connectivity index (χ0v) is 21.9. The number of aliphatic carboxylic acids is 1. The summed E-state index contributed by atoms with van der Waals surface area (Å²) in [7, 11) is 0. The first-order chi connectivity index (χ1) is 17.7. The summed E-state index contributed by atoms with van der Waals surface area (Å²) in [5, 5.41) is 12.4. The number of hydrogen-bond donors (Lipinski definition) is 2. The number of pyridine rings is 1. The number of carboxylic acid groups (broad SMARTS) is 1. The second-order valence-corrected chi connectivity index (χ2v) is 10.1. The predicted octanol–water partition coefficient (Wildman–Crippen LogP) is 5.80. The number of fused-ring (bicyclic) bond motifs is 1. The van der Waals surface area contributed by atoms with Crippen LogP contribution in [-0.4, -0.2) is 41.3 Å². The summed E-state index contributed by atoms with van der Waals surface area (Å²) >= 11 is 0. The van der Waals surface area contributed by atoms with Crippen LogP contribution in [0.15, 0.2) is 60.5 Å². The minimum atomic E-state index is -1.01. The Morgan fingerprint density at radius 1 is 1.19 bits per heavy atom. The van der Waals surface area contributed by atoms with E-state index in [-0.39, 0.29) is 18.7 Å². The fraction of sp³-hybridized carbons (Fsp3) is 0.414. The van der Waals surface area contributed by atoms with Crippen LogP contribution in [0.25, 0.3) is 11.1 Å². The van der Waals surface area contributed by atoms with Crippen LogP contribution in [0.3, 0.4) is 0 Å². The molecule has 0 saturated heterocycles. The van der Waals surface area contributed by atoms with Crippen molar-refractivity contribution in [1.29, 1.82) is 0 Å². The third kappa shape index (κ3) is 5.96. The van der Waals surface area contributed by atoms with Gasteiger partial charge in [0.25, 0.3) is 0 Å². The number of carbonyl (C=O) groups is 2. The molecular weight excluding hydrogens is 470 g/mol. The lowest BCUT2D eigenvalue weighted by atomic mass is 9.94. The molecule has 37 heavy (non-hydrogen) atoms. The molecule has 4 rings (SSSR count). The van der Waals surface area contributed by atoms with E-state index < -0.39 is 11.4 Å². The second-order valence-electron chi connectivity index (χ2n) is 10.1. The molecule has 8 nitrogen and oxygen atoms in total.